The van der Waals surface area contributed by atoms with Crippen molar-refractivity contribution in [2.24, 2.45) is 0 Å². The van der Waals surface area contributed by atoms with E-state index in [4.69, 9.17) is 4.74 Å². The second-order valence-electron chi connectivity index (χ2n) is 3.93. The highest BCUT2D eigenvalue weighted by atomic mass is 32.2. The molecule has 6 nitrogen and oxygen atoms in total. The van der Waals surface area contributed by atoms with Crippen molar-refractivity contribution >= 4 is 15.9 Å². The summed E-state index contributed by atoms with van der Waals surface area (Å²) in [5.41, 5.74) is 0. The first-order valence-electron chi connectivity index (χ1n) is 5.21. The number of amides is 1. The van der Waals surface area contributed by atoms with Crippen LogP contribution in [0, 0.1) is 0 Å². The predicted octanol–water partition coefficient (Wildman–Crippen LogP) is -0.827. The van der Waals surface area contributed by atoms with Crippen LogP contribution in [-0.2, 0) is 19.6 Å². The third-order valence-corrected chi connectivity index (χ3v) is 3.12. The molecule has 1 aliphatic heterocycles. The van der Waals surface area contributed by atoms with Gasteiger partial charge in [0.25, 0.3) is 5.91 Å². The quantitative estimate of drug-likeness (QED) is 0.691. The van der Waals surface area contributed by atoms with E-state index in [1.165, 1.54) is 4.90 Å². The van der Waals surface area contributed by atoms with Gasteiger partial charge in [0, 0.05) is 26.7 Å². The average molecular weight is 250 g/mol. The third kappa shape index (κ3) is 4.46. The molecule has 1 N–H and O–H groups in total. The van der Waals surface area contributed by atoms with E-state index in [1.807, 2.05) is 0 Å². The van der Waals surface area contributed by atoms with Crippen molar-refractivity contribution in [1.82, 2.24) is 9.62 Å². The molecule has 1 atom stereocenters. The molecule has 94 valence electrons. The van der Waals surface area contributed by atoms with Crippen LogP contribution < -0.4 is 4.72 Å². The summed E-state index contributed by atoms with van der Waals surface area (Å²) in [4.78, 5) is 13.2. The standard InChI is InChI=1S/C9H18N2O4S/c1-11(6-5-10-16(2,13)14)9(12)8-4-3-7-15-8/h8,10H,3-7H2,1-2H3/t8-/m0/s1. The molecule has 0 aromatic carbocycles. The van der Waals surface area contributed by atoms with Crippen molar-refractivity contribution in [3.8, 4) is 0 Å². The summed E-state index contributed by atoms with van der Waals surface area (Å²) in [5, 5.41) is 0. The molecular weight excluding hydrogens is 232 g/mol. The molecule has 1 saturated heterocycles. The van der Waals surface area contributed by atoms with Crippen molar-refractivity contribution in [2.45, 2.75) is 18.9 Å². The molecule has 0 aromatic heterocycles. The van der Waals surface area contributed by atoms with Crippen LogP contribution in [0.1, 0.15) is 12.8 Å². The molecule has 1 heterocycles. The van der Waals surface area contributed by atoms with Crippen LogP contribution in [0.25, 0.3) is 0 Å². The van der Waals surface area contributed by atoms with Gasteiger partial charge < -0.3 is 9.64 Å². The van der Waals surface area contributed by atoms with E-state index in [1.54, 1.807) is 7.05 Å². The number of likely N-dealkylation sites (N-methyl/N-ethyl adjacent to an activating group) is 1. The van der Waals surface area contributed by atoms with Crippen LogP contribution >= 0.6 is 0 Å². The Balaban J connectivity index is 2.28. The summed E-state index contributed by atoms with van der Waals surface area (Å²) >= 11 is 0. The van der Waals surface area contributed by atoms with E-state index < -0.39 is 10.0 Å². The Hall–Kier alpha value is -0.660. The maximum atomic E-state index is 11.7. The summed E-state index contributed by atoms with van der Waals surface area (Å²) in [7, 11) is -1.54. The molecule has 16 heavy (non-hydrogen) atoms. The van der Waals surface area contributed by atoms with E-state index in [2.05, 4.69) is 4.72 Å². The van der Waals surface area contributed by atoms with Crippen LogP contribution in [0.15, 0.2) is 0 Å². The van der Waals surface area contributed by atoms with Gasteiger partial charge in [-0.2, -0.15) is 0 Å². The second kappa shape index (κ2) is 5.60. The number of nitrogens with zero attached hydrogens (tertiary/aromatic N) is 1. The molecule has 0 radical (unpaired) electrons. The van der Waals surface area contributed by atoms with Crippen molar-refractivity contribution < 1.29 is 17.9 Å². The second-order valence-corrected chi connectivity index (χ2v) is 5.76. The SMILES string of the molecule is CN(CCNS(C)(=O)=O)C(=O)[C@@H]1CCCO1. The predicted molar refractivity (Wildman–Crippen MR) is 59.5 cm³/mol. The smallest absolute Gasteiger partial charge is 0.251 e. The van der Waals surface area contributed by atoms with E-state index in [0.717, 1.165) is 19.1 Å². The zero-order chi connectivity index (χ0) is 12.2. The average Bonchev–Trinajstić information content (AvgIpc) is 2.67. The van der Waals surface area contributed by atoms with Crippen molar-refractivity contribution in [2.75, 3.05) is 33.0 Å². The lowest BCUT2D eigenvalue weighted by atomic mass is 10.2. The lowest BCUT2D eigenvalue weighted by Crippen LogP contribution is -2.40. The van der Waals surface area contributed by atoms with Gasteiger partial charge in [-0.05, 0) is 12.8 Å². The van der Waals surface area contributed by atoms with Crippen molar-refractivity contribution in [1.29, 1.82) is 0 Å². The van der Waals surface area contributed by atoms with Gasteiger partial charge >= 0.3 is 0 Å². The van der Waals surface area contributed by atoms with Gasteiger partial charge in [-0.3, -0.25) is 4.79 Å². The molecule has 0 aliphatic carbocycles. The number of ether oxygens (including phenoxy) is 1. The fourth-order valence-corrected chi connectivity index (χ4v) is 1.99. The number of carbonyl (C=O) groups is 1. The first-order chi connectivity index (χ1) is 7.40. The van der Waals surface area contributed by atoms with Gasteiger partial charge in [0.05, 0.1) is 6.26 Å². The number of nitrogens with one attached hydrogen (secondary N) is 1. The minimum absolute atomic E-state index is 0.0761. The summed E-state index contributed by atoms with van der Waals surface area (Å²) < 4.78 is 29.2. The molecule has 0 bridgehead atoms. The van der Waals surface area contributed by atoms with Gasteiger partial charge in [-0.25, -0.2) is 13.1 Å². The van der Waals surface area contributed by atoms with Crippen LogP contribution in [-0.4, -0.2) is 58.3 Å². The number of rotatable bonds is 5. The fraction of sp³-hybridized carbons (Fsp3) is 0.889. The van der Waals surface area contributed by atoms with Gasteiger partial charge in [-0.15, -0.1) is 0 Å². The molecular formula is C9H18N2O4S. The lowest BCUT2D eigenvalue weighted by Gasteiger charge is -2.20. The Labute approximate surface area is 96.0 Å². The van der Waals surface area contributed by atoms with Gasteiger partial charge in [0.2, 0.25) is 10.0 Å². The zero-order valence-electron chi connectivity index (χ0n) is 9.60. The molecule has 1 fully saturated rings. The highest BCUT2D eigenvalue weighted by Gasteiger charge is 2.26. The summed E-state index contributed by atoms with van der Waals surface area (Å²) in [6, 6.07) is 0. The Morgan fingerprint density at radius 2 is 2.25 bits per heavy atom. The van der Waals surface area contributed by atoms with Crippen molar-refractivity contribution in [3.63, 3.8) is 0 Å². The lowest BCUT2D eigenvalue weighted by molar-refractivity contribution is -0.139. The molecule has 0 unspecified atom stereocenters. The summed E-state index contributed by atoms with van der Waals surface area (Å²) in [6.45, 7) is 1.21. The number of hydrogen-bond donors (Lipinski definition) is 1. The Bertz CT molecular complexity index is 335. The summed E-state index contributed by atoms with van der Waals surface area (Å²) in [6.07, 6.45) is 2.41. The molecule has 0 spiro atoms. The number of hydrogen-bond acceptors (Lipinski definition) is 4. The first-order valence-corrected chi connectivity index (χ1v) is 7.10. The molecule has 7 heteroatoms. The third-order valence-electron chi connectivity index (χ3n) is 2.39. The highest BCUT2D eigenvalue weighted by molar-refractivity contribution is 7.88. The minimum Gasteiger partial charge on any atom is -0.368 e. The zero-order valence-corrected chi connectivity index (χ0v) is 10.4. The monoisotopic (exact) mass is 250 g/mol. The van der Waals surface area contributed by atoms with Gasteiger partial charge in [0.15, 0.2) is 0 Å². The Kier molecular flexibility index (Phi) is 4.69. The number of carbonyl (C=O) groups excluding carboxylic acids is 1. The van der Waals surface area contributed by atoms with Crippen LogP contribution in [0.5, 0.6) is 0 Å². The normalized spacial score (nSPS) is 21.0. The fourth-order valence-electron chi connectivity index (χ4n) is 1.53. The largest absolute Gasteiger partial charge is 0.368 e. The topological polar surface area (TPSA) is 75.7 Å². The molecule has 0 aromatic rings. The van der Waals surface area contributed by atoms with E-state index in [0.29, 0.717) is 13.2 Å². The number of sulfonamides is 1. The maximum absolute atomic E-state index is 11.7. The van der Waals surface area contributed by atoms with Crippen molar-refractivity contribution in [3.05, 3.63) is 0 Å². The van der Waals surface area contributed by atoms with Crippen LogP contribution in [0.4, 0.5) is 0 Å². The summed E-state index contributed by atoms with van der Waals surface area (Å²) in [5.74, 6) is -0.0761. The minimum atomic E-state index is -3.18. The Morgan fingerprint density at radius 3 is 2.75 bits per heavy atom. The van der Waals surface area contributed by atoms with E-state index in [9.17, 15) is 13.2 Å². The molecule has 1 rings (SSSR count). The molecule has 1 aliphatic rings. The van der Waals surface area contributed by atoms with Gasteiger partial charge in [0.1, 0.15) is 6.10 Å². The highest BCUT2D eigenvalue weighted by Crippen LogP contribution is 2.13. The van der Waals surface area contributed by atoms with Gasteiger partial charge in [-0.1, -0.05) is 0 Å². The first kappa shape index (κ1) is 13.4. The van der Waals surface area contributed by atoms with E-state index >= 15 is 0 Å². The van der Waals surface area contributed by atoms with Crippen LogP contribution in [0.3, 0.4) is 0 Å². The molecule has 0 saturated carbocycles. The van der Waals surface area contributed by atoms with E-state index in [-0.39, 0.29) is 18.6 Å². The Morgan fingerprint density at radius 1 is 1.56 bits per heavy atom. The maximum Gasteiger partial charge on any atom is 0.251 e. The van der Waals surface area contributed by atoms with Crippen LogP contribution in [0.2, 0.25) is 0 Å². The molecule has 1 amide bonds.